The van der Waals surface area contributed by atoms with Crippen molar-refractivity contribution in [3.05, 3.63) is 65.7 Å². The molecule has 1 aliphatic rings. The molecule has 0 spiro atoms. The zero-order valence-electron chi connectivity index (χ0n) is 16.8. The van der Waals surface area contributed by atoms with E-state index in [1.54, 1.807) is 12.1 Å². The van der Waals surface area contributed by atoms with Gasteiger partial charge in [-0.2, -0.15) is 5.26 Å². The quantitative estimate of drug-likeness (QED) is 0.627. The highest BCUT2D eigenvalue weighted by molar-refractivity contribution is 5.91. The molecule has 0 aliphatic heterocycles. The Morgan fingerprint density at radius 3 is 2.40 bits per heavy atom. The van der Waals surface area contributed by atoms with Crippen molar-refractivity contribution in [1.82, 2.24) is 16.0 Å². The van der Waals surface area contributed by atoms with E-state index in [9.17, 15) is 9.59 Å². The van der Waals surface area contributed by atoms with Crippen LogP contribution in [0.4, 0.5) is 4.79 Å². The lowest BCUT2D eigenvalue weighted by molar-refractivity contribution is -0.127. The van der Waals surface area contributed by atoms with Gasteiger partial charge >= 0.3 is 6.03 Å². The van der Waals surface area contributed by atoms with Crippen LogP contribution in [-0.4, -0.2) is 24.1 Å². The number of hydrogen-bond acceptors (Lipinski definition) is 4. The number of carbonyl (C=O) groups excluding carboxylic acids is 2. The first-order valence-electron chi connectivity index (χ1n) is 10.1. The van der Waals surface area contributed by atoms with Gasteiger partial charge in [-0.05, 0) is 36.1 Å². The van der Waals surface area contributed by atoms with Crippen LogP contribution in [0.1, 0.15) is 36.8 Å². The molecule has 7 heteroatoms. The third-order valence-corrected chi connectivity index (χ3v) is 5.20. The number of benzene rings is 2. The first-order valence-corrected chi connectivity index (χ1v) is 10.1. The standard InChI is InChI=1S/C23H26N4O3/c24-13-14-30-20-10-6-9-19(15-20)17-25-21(28)23(11-4-5-12-23)27-22(29)26-16-18-7-2-1-3-8-18/h1-3,6-10,15H,4-5,11-12,14,16-17H2,(H,25,28)(H2,26,27,29). The van der Waals surface area contributed by atoms with Crippen LogP contribution in [0.25, 0.3) is 0 Å². The molecule has 1 saturated carbocycles. The van der Waals surface area contributed by atoms with E-state index in [-0.39, 0.29) is 18.5 Å². The summed E-state index contributed by atoms with van der Waals surface area (Å²) in [6.45, 7) is 0.693. The highest BCUT2D eigenvalue weighted by atomic mass is 16.5. The minimum absolute atomic E-state index is 0.0268. The minimum Gasteiger partial charge on any atom is -0.479 e. The van der Waals surface area contributed by atoms with E-state index in [1.807, 2.05) is 48.5 Å². The summed E-state index contributed by atoms with van der Waals surface area (Å²) in [6.07, 6.45) is 3.01. The summed E-state index contributed by atoms with van der Waals surface area (Å²) in [4.78, 5) is 25.4. The fraction of sp³-hybridized carbons (Fsp3) is 0.348. The molecule has 1 aliphatic carbocycles. The number of hydrogen-bond donors (Lipinski definition) is 3. The van der Waals surface area contributed by atoms with Gasteiger partial charge in [0, 0.05) is 13.1 Å². The van der Waals surface area contributed by atoms with Crippen LogP contribution in [0.3, 0.4) is 0 Å². The summed E-state index contributed by atoms with van der Waals surface area (Å²) in [5, 5.41) is 17.3. The van der Waals surface area contributed by atoms with E-state index in [4.69, 9.17) is 10.00 Å². The van der Waals surface area contributed by atoms with E-state index < -0.39 is 5.54 Å². The van der Waals surface area contributed by atoms with E-state index in [0.29, 0.717) is 31.7 Å². The molecule has 3 N–H and O–H groups in total. The summed E-state index contributed by atoms with van der Waals surface area (Å²) in [6, 6.07) is 18.5. The normalized spacial score (nSPS) is 14.4. The van der Waals surface area contributed by atoms with Crippen LogP contribution in [-0.2, 0) is 17.9 Å². The molecule has 1 fully saturated rings. The van der Waals surface area contributed by atoms with Crippen LogP contribution in [0.15, 0.2) is 54.6 Å². The minimum atomic E-state index is -0.893. The monoisotopic (exact) mass is 406 g/mol. The summed E-state index contributed by atoms with van der Waals surface area (Å²) in [5.41, 5.74) is 0.965. The zero-order chi connectivity index (χ0) is 21.2. The third-order valence-electron chi connectivity index (χ3n) is 5.20. The molecule has 7 nitrogen and oxygen atoms in total. The number of nitriles is 1. The maximum Gasteiger partial charge on any atom is 0.315 e. The summed E-state index contributed by atoms with van der Waals surface area (Å²) in [5.74, 6) is 0.399. The predicted octanol–water partition coefficient (Wildman–Crippen LogP) is 3.02. The average molecular weight is 406 g/mol. The van der Waals surface area contributed by atoms with Crippen LogP contribution in [0.2, 0.25) is 0 Å². The van der Waals surface area contributed by atoms with Crippen LogP contribution in [0.5, 0.6) is 5.75 Å². The van der Waals surface area contributed by atoms with Gasteiger partial charge in [-0.3, -0.25) is 4.79 Å². The van der Waals surface area contributed by atoms with Gasteiger partial charge in [-0.15, -0.1) is 0 Å². The van der Waals surface area contributed by atoms with Gasteiger partial charge in [0.15, 0.2) is 6.61 Å². The Labute approximate surface area is 176 Å². The number of rotatable bonds is 8. The summed E-state index contributed by atoms with van der Waals surface area (Å²) >= 11 is 0. The van der Waals surface area contributed by atoms with Crippen molar-refractivity contribution >= 4 is 11.9 Å². The number of nitrogens with zero attached hydrogens (tertiary/aromatic N) is 1. The van der Waals surface area contributed by atoms with Crippen molar-refractivity contribution in [2.45, 2.75) is 44.3 Å². The van der Waals surface area contributed by atoms with Gasteiger partial charge in [0.05, 0.1) is 0 Å². The average Bonchev–Trinajstić information content (AvgIpc) is 3.25. The van der Waals surface area contributed by atoms with Crippen molar-refractivity contribution in [1.29, 1.82) is 5.26 Å². The van der Waals surface area contributed by atoms with Gasteiger partial charge in [0.25, 0.3) is 0 Å². The fourth-order valence-corrected chi connectivity index (χ4v) is 3.64. The molecule has 2 aromatic rings. The summed E-state index contributed by atoms with van der Waals surface area (Å²) < 4.78 is 5.30. The molecular weight excluding hydrogens is 380 g/mol. The van der Waals surface area contributed by atoms with Crippen molar-refractivity contribution in [3.8, 4) is 11.8 Å². The Morgan fingerprint density at radius 2 is 1.67 bits per heavy atom. The van der Waals surface area contributed by atoms with E-state index >= 15 is 0 Å². The Hall–Kier alpha value is -3.53. The highest BCUT2D eigenvalue weighted by Crippen LogP contribution is 2.30. The number of carbonyl (C=O) groups is 2. The predicted molar refractivity (Wildman–Crippen MR) is 112 cm³/mol. The molecule has 0 saturated heterocycles. The molecule has 0 aromatic heterocycles. The fourth-order valence-electron chi connectivity index (χ4n) is 3.64. The first kappa shape index (κ1) is 21.2. The highest BCUT2D eigenvalue weighted by Gasteiger charge is 2.42. The molecule has 0 atom stereocenters. The molecule has 30 heavy (non-hydrogen) atoms. The van der Waals surface area contributed by atoms with Crippen molar-refractivity contribution in [3.63, 3.8) is 0 Å². The lowest BCUT2D eigenvalue weighted by atomic mass is 9.96. The second kappa shape index (κ2) is 10.3. The van der Waals surface area contributed by atoms with Gasteiger partial charge in [-0.25, -0.2) is 4.79 Å². The van der Waals surface area contributed by atoms with E-state index in [1.165, 1.54) is 0 Å². The third kappa shape index (κ3) is 5.74. The van der Waals surface area contributed by atoms with E-state index in [0.717, 1.165) is 24.0 Å². The molecular formula is C23H26N4O3. The summed E-state index contributed by atoms with van der Waals surface area (Å²) in [7, 11) is 0. The topological polar surface area (TPSA) is 103 Å². The van der Waals surface area contributed by atoms with Gasteiger partial charge in [-0.1, -0.05) is 55.3 Å². The Balaban J connectivity index is 1.56. The maximum atomic E-state index is 13.0. The molecule has 3 rings (SSSR count). The van der Waals surface area contributed by atoms with E-state index in [2.05, 4.69) is 16.0 Å². The van der Waals surface area contributed by atoms with Gasteiger partial charge < -0.3 is 20.7 Å². The van der Waals surface area contributed by atoms with Crippen LogP contribution in [0, 0.1) is 11.3 Å². The molecule has 2 aromatic carbocycles. The zero-order valence-corrected chi connectivity index (χ0v) is 16.8. The van der Waals surface area contributed by atoms with Crippen LogP contribution >= 0.6 is 0 Å². The first-order chi connectivity index (χ1) is 14.6. The molecule has 156 valence electrons. The maximum absolute atomic E-state index is 13.0. The number of ether oxygens (including phenoxy) is 1. The Morgan fingerprint density at radius 1 is 0.967 bits per heavy atom. The SMILES string of the molecule is N#CCOc1cccc(CNC(=O)C2(NC(=O)NCc3ccccc3)CCCC2)c1. The number of urea groups is 1. The number of amides is 3. The van der Waals surface area contributed by atoms with Gasteiger partial charge in [0.2, 0.25) is 5.91 Å². The molecule has 3 amide bonds. The second-order valence-electron chi connectivity index (χ2n) is 7.36. The van der Waals surface area contributed by atoms with Crippen molar-refractivity contribution < 1.29 is 14.3 Å². The second-order valence-corrected chi connectivity index (χ2v) is 7.36. The Bertz CT molecular complexity index is 902. The van der Waals surface area contributed by atoms with Crippen molar-refractivity contribution in [2.75, 3.05) is 6.61 Å². The molecule has 0 bridgehead atoms. The Kier molecular flexibility index (Phi) is 7.28. The van der Waals surface area contributed by atoms with Gasteiger partial charge in [0.1, 0.15) is 17.4 Å². The lowest BCUT2D eigenvalue weighted by Gasteiger charge is -2.29. The van der Waals surface area contributed by atoms with Crippen LogP contribution < -0.4 is 20.7 Å². The largest absolute Gasteiger partial charge is 0.479 e. The lowest BCUT2D eigenvalue weighted by Crippen LogP contribution is -2.59. The molecule has 0 unspecified atom stereocenters. The number of nitrogens with one attached hydrogen (secondary N) is 3. The molecule has 0 heterocycles. The molecule has 0 radical (unpaired) electrons. The van der Waals surface area contributed by atoms with Crippen molar-refractivity contribution in [2.24, 2.45) is 0 Å². The smallest absolute Gasteiger partial charge is 0.315 e.